The van der Waals surface area contributed by atoms with Crippen LogP contribution in [-0.4, -0.2) is 21.7 Å². The van der Waals surface area contributed by atoms with Crippen molar-refractivity contribution in [1.82, 2.24) is 20.4 Å². The molecule has 1 aliphatic heterocycles. The van der Waals surface area contributed by atoms with Gasteiger partial charge in [-0.1, -0.05) is 19.0 Å². The lowest BCUT2D eigenvalue weighted by Gasteiger charge is -2.36. The Kier molecular flexibility index (Phi) is 2.91. The first kappa shape index (κ1) is 11.8. The first-order valence-corrected chi connectivity index (χ1v) is 7.01. The highest BCUT2D eigenvalue weighted by Crippen LogP contribution is 2.39. The average molecular weight is 264 g/mol. The molecule has 0 saturated carbocycles. The average Bonchev–Trinajstić information content (AvgIpc) is 2.99. The van der Waals surface area contributed by atoms with Crippen LogP contribution >= 0.6 is 11.3 Å². The highest BCUT2D eigenvalue weighted by Gasteiger charge is 2.37. The Morgan fingerprint density at radius 1 is 1.50 bits per heavy atom. The zero-order chi connectivity index (χ0) is 12.6. The van der Waals surface area contributed by atoms with E-state index in [-0.39, 0.29) is 11.5 Å². The lowest BCUT2D eigenvalue weighted by Crippen LogP contribution is -2.39. The van der Waals surface area contributed by atoms with Crippen LogP contribution in [-0.2, 0) is 0 Å². The van der Waals surface area contributed by atoms with Crippen LogP contribution in [0.5, 0.6) is 0 Å². The molecule has 0 bridgehead atoms. The van der Waals surface area contributed by atoms with Gasteiger partial charge in [0.15, 0.2) is 0 Å². The maximum Gasteiger partial charge on any atom is 0.244 e. The van der Waals surface area contributed by atoms with Gasteiger partial charge < -0.3 is 9.84 Å². The van der Waals surface area contributed by atoms with Crippen molar-refractivity contribution < 1.29 is 4.52 Å². The third-order valence-corrected chi connectivity index (χ3v) is 4.24. The minimum Gasteiger partial charge on any atom is -0.337 e. The molecular weight excluding hydrogens is 248 g/mol. The summed E-state index contributed by atoms with van der Waals surface area (Å²) in [6.07, 6.45) is 4.13. The van der Waals surface area contributed by atoms with Gasteiger partial charge in [-0.15, -0.1) is 11.3 Å². The normalized spacial score (nSPS) is 23.1. The summed E-state index contributed by atoms with van der Waals surface area (Å²) >= 11 is 1.52. The Morgan fingerprint density at radius 3 is 3.11 bits per heavy atom. The van der Waals surface area contributed by atoms with Crippen LogP contribution in [0.25, 0.3) is 10.7 Å². The molecule has 3 rings (SSSR count). The van der Waals surface area contributed by atoms with Gasteiger partial charge in [-0.25, -0.2) is 0 Å². The zero-order valence-electron chi connectivity index (χ0n) is 10.5. The van der Waals surface area contributed by atoms with Crippen molar-refractivity contribution in [3.63, 3.8) is 0 Å². The predicted molar refractivity (Wildman–Crippen MR) is 69.2 cm³/mol. The van der Waals surface area contributed by atoms with E-state index in [2.05, 4.69) is 34.3 Å². The highest BCUT2D eigenvalue weighted by molar-refractivity contribution is 7.13. The van der Waals surface area contributed by atoms with Crippen molar-refractivity contribution in [2.24, 2.45) is 5.41 Å². The summed E-state index contributed by atoms with van der Waals surface area (Å²) in [5.74, 6) is 1.32. The van der Waals surface area contributed by atoms with Crippen LogP contribution in [0.1, 0.15) is 38.6 Å². The first-order chi connectivity index (χ1) is 8.67. The van der Waals surface area contributed by atoms with Crippen LogP contribution in [0.15, 0.2) is 16.2 Å². The van der Waals surface area contributed by atoms with E-state index < -0.39 is 0 Å². The fourth-order valence-corrected chi connectivity index (χ4v) is 2.96. The van der Waals surface area contributed by atoms with Crippen LogP contribution < -0.4 is 5.32 Å². The maximum absolute atomic E-state index is 5.42. The molecule has 0 spiro atoms. The van der Waals surface area contributed by atoms with Crippen molar-refractivity contribution in [1.29, 1.82) is 0 Å². The standard InChI is InChI=1S/C12H16N4OS/c1-12(2)4-3-5-14-9(12)11-15-10(16-17-11)8-6-13-7-18-8/h6-7,9,14H,3-5H2,1-2H3. The number of nitrogens with zero attached hydrogens (tertiary/aromatic N) is 3. The molecule has 1 fully saturated rings. The van der Waals surface area contributed by atoms with E-state index in [9.17, 15) is 0 Å². The summed E-state index contributed by atoms with van der Waals surface area (Å²) in [5, 5.41) is 7.52. The summed E-state index contributed by atoms with van der Waals surface area (Å²) in [6.45, 7) is 5.48. The largest absolute Gasteiger partial charge is 0.337 e. The summed E-state index contributed by atoms with van der Waals surface area (Å²) in [6, 6.07) is 0.139. The van der Waals surface area contributed by atoms with E-state index in [1.165, 1.54) is 24.2 Å². The fraction of sp³-hybridized carbons (Fsp3) is 0.583. The molecule has 96 valence electrons. The second-order valence-electron chi connectivity index (χ2n) is 5.30. The minimum atomic E-state index is 0.139. The van der Waals surface area contributed by atoms with E-state index in [1.54, 1.807) is 11.7 Å². The van der Waals surface area contributed by atoms with E-state index in [0.29, 0.717) is 11.7 Å². The third kappa shape index (κ3) is 2.06. The van der Waals surface area contributed by atoms with E-state index in [0.717, 1.165) is 11.4 Å². The Labute approximate surface area is 110 Å². The molecule has 2 aromatic heterocycles. The molecule has 1 unspecified atom stereocenters. The molecule has 0 aromatic carbocycles. The molecule has 1 atom stereocenters. The van der Waals surface area contributed by atoms with Gasteiger partial charge in [0.2, 0.25) is 11.7 Å². The molecular formula is C12H16N4OS. The van der Waals surface area contributed by atoms with Crippen molar-refractivity contribution in [3.05, 3.63) is 17.6 Å². The van der Waals surface area contributed by atoms with Gasteiger partial charge >= 0.3 is 0 Å². The fourth-order valence-electron chi connectivity index (χ4n) is 2.41. The minimum absolute atomic E-state index is 0.139. The smallest absolute Gasteiger partial charge is 0.244 e. The first-order valence-electron chi connectivity index (χ1n) is 6.13. The van der Waals surface area contributed by atoms with Crippen LogP contribution in [0.2, 0.25) is 0 Å². The maximum atomic E-state index is 5.42. The molecule has 0 radical (unpaired) electrons. The quantitative estimate of drug-likeness (QED) is 0.903. The highest BCUT2D eigenvalue weighted by atomic mass is 32.1. The molecule has 5 nitrogen and oxygen atoms in total. The van der Waals surface area contributed by atoms with E-state index >= 15 is 0 Å². The van der Waals surface area contributed by atoms with Crippen molar-refractivity contribution >= 4 is 11.3 Å². The van der Waals surface area contributed by atoms with Gasteiger partial charge in [0.05, 0.1) is 16.4 Å². The second kappa shape index (κ2) is 4.44. The van der Waals surface area contributed by atoms with Crippen molar-refractivity contribution in [2.75, 3.05) is 6.54 Å². The van der Waals surface area contributed by atoms with Gasteiger partial charge in [0, 0.05) is 6.20 Å². The predicted octanol–water partition coefficient (Wildman–Crippen LogP) is 2.64. The summed E-state index contributed by atoms with van der Waals surface area (Å²) in [7, 11) is 0. The SMILES string of the molecule is CC1(C)CCCNC1c1nc(-c2cncs2)no1. The van der Waals surface area contributed by atoms with Gasteiger partial charge in [-0.3, -0.25) is 4.98 Å². The Morgan fingerprint density at radius 2 is 2.39 bits per heavy atom. The lowest BCUT2D eigenvalue weighted by atomic mass is 9.77. The van der Waals surface area contributed by atoms with Crippen LogP contribution in [0.3, 0.4) is 0 Å². The number of hydrogen-bond acceptors (Lipinski definition) is 6. The molecule has 0 aliphatic carbocycles. The van der Waals surface area contributed by atoms with E-state index in [1.807, 2.05) is 0 Å². The van der Waals surface area contributed by atoms with Crippen molar-refractivity contribution in [2.45, 2.75) is 32.7 Å². The van der Waals surface area contributed by atoms with Gasteiger partial charge in [0.25, 0.3) is 0 Å². The molecule has 2 aromatic rings. The van der Waals surface area contributed by atoms with Gasteiger partial charge in [-0.2, -0.15) is 4.98 Å². The van der Waals surface area contributed by atoms with E-state index in [4.69, 9.17) is 4.52 Å². The molecule has 1 saturated heterocycles. The molecule has 0 amide bonds. The molecule has 1 aliphatic rings. The lowest BCUT2D eigenvalue weighted by molar-refractivity contribution is 0.147. The number of nitrogens with one attached hydrogen (secondary N) is 1. The number of thiazole rings is 1. The second-order valence-corrected chi connectivity index (χ2v) is 6.19. The molecule has 6 heteroatoms. The van der Waals surface area contributed by atoms with Crippen molar-refractivity contribution in [3.8, 4) is 10.7 Å². The monoisotopic (exact) mass is 264 g/mol. The number of aromatic nitrogens is 3. The number of piperidine rings is 1. The Hall–Kier alpha value is -1.27. The molecule has 3 heterocycles. The Bertz CT molecular complexity index is 520. The van der Waals surface area contributed by atoms with Crippen LogP contribution in [0.4, 0.5) is 0 Å². The topological polar surface area (TPSA) is 63.8 Å². The summed E-state index contributed by atoms with van der Waals surface area (Å²) in [4.78, 5) is 9.48. The van der Waals surface area contributed by atoms with Gasteiger partial charge in [0.1, 0.15) is 0 Å². The Balaban J connectivity index is 1.89. The third-order valence-electron chi connectivity index (χ3n) is 3.47. The number of hydrogen-bond donors (Lipinski definition) is 1. The zero-order valence-corrected chi connectivity index (χ0v) is 11.3. The molecule has 18 heavy (non-hydrogen) atoms. The number of rotatable bonds is 2. The summed E-state index contributed by atoms with van der Waals surface area (Å²) < 4.78 is 5.42. The summed E-state index contributed by atoms with van der Waals surface area (Å²) in [5.41, 5.74) is 1.92. The van der Waals surface area contributed by atoms with Gasteiger partial charge in [-0.05, 0) is 24.8 Å². The molecule has 1 N–H and O–H groups in total. The van der Waals surface area contributed by atoms with Crippen LogP contribution in [0, 0.1) is 5.41 Å².